The number of alkyl halides is 2. The van der Waals surface area contributed by atoms with Crippen LogP contribution in [0, 0.1) is 46.3 Å². The first-order chi connectivity index (χ1) is 26.0. The SMILES string of the molecule is CC(C)CCC[C@@H](C)[C@H]1CCC2C3CC=C4C[C@@H](OCCNC(=O)CCC(=O)OCC5OC(n6ccc(N)nc6=O)C(F)(F)C5O)CC[C@]4(C)C3CC[C@@]21C. The quantitative estimate of drug-likeness (QED) is 0.102. The van der Waals surface area contributed by atoms with E-state index in [1.165, 1.54) is 51.4 Å². The van der Waals surface area contributed by atoms with Crippen LogP contribution in [0.15, 0.2) is 28.7 Å². The van der Waals surface area contributed by atoms with Crippen LogP contribution in [0.2, 0.25) is 0 Å². The Morgan fingerprint density at radius 3 is 2.64 bits per heavy atom. The second-order valence-electron chi connectivity index (χ2n) is 18.2. The van der Waals surface area contributed by atoms with Crippen LogP contribution >= 0.6 is 0 Å². The van der Waals surface area contributed by atoms with Crippen molar-refractivity contribution in [1.82, 2.24) is 14.9 Å². The molecule has 11 atom stereocenters. The fourth-order valence-electron chi connectivity index (χ4n) is 11.5. The molecule has 11 nitrogen and oxygen atoms in total. The zero-order valence-corrected chi connectivity index (χ0v) is 33.4. The summed E-state index contributed by atoms with van der Waals surface area (Å²) in [5.74, 6) is -0.360. The maximum absolute atomic E-state index is 14.7. The maximum atomic E-state index is 14.7. The minimum Gasteiger partial charge on any atom is -0.463 e. The van der Waals surface area contributed by atoms with Crippen molar-refractivity contribution in [3.05, 3.63) is 34.4 Å². The van der Waals surface area contributed by atoms with E-state index < -0.39 is 42.6 Å². The van der Waals surface area contributed by atoms with Crippen LogP contribution in [0.5, 0.6) is 0 Å². The van der Waals surface area contributed by atoms with Gasteiger partial charge < -0.3 is 30.4 Å². The summed E-state index contributed by atoms with van der Waals surface area (Å²) in [6.07, 6.45) is 11.0. The zero-order valence-electron chi connectivity index (χ0n) is 33.4. The number of hydrogen-bond acceptors (Lipinski definition) is 9. The van der Waals surface area contributed by atoms with Crippen molar-refractivity contribution in [2.24, 2.45) is 46.3 Å². The molecule has 1 aliphatic heterocycles. The molecule has 4 N–H and O–H groups in total. The molecule has 2 heterocycles. The van der Waals surface area contributed by atoms with Crippen molar-refractivity contribution >= 4 is 17.7 Å². The summed E-state index contributed by atoms with van der Waals surface area (Å²) in [6.45, 7) is 12.4. The van der Waals surface area contributed by atoms with E-state index in [-0.39, 0.29) is 36.1 Å². The molecular weight excluding hydrogens is 710 g/mol. The summed E-state index contributed by atoms with van der Waals surface area (Å²) in [5, 5.41) is 12.9. The summed E-state index contributed by atoms with van der Waals surface area (Å²) >= 11 is 0. The normalized spacial score (nSPS) is 35.7. The summed E-state index contributed by atoms with van der Waals surface area (Å²) in [6, 6.07) is 1.15. The number of carbonyl (C=O) groups is 2. The molecule has 0 bridgehead atoms. The molecule has 3 saturated carbocycles. The van der Waals surface area contributed by atoms with E-state index in [0.717, 1.165) is 67.0 Å². The Labute approximate surface area is 324 Å². The number of allylic oxidation sites excluding steroid dienone is 1. The molecule has 0 radical (unpaired) electrons. The molecule has 6 unspecified atom stereocenters. The Bertz CT molecular complexity index is 1620. The lowest BCUT2D eigenvalue weighted by Crippen LogP contribution is -2.51. The summed E-state index contributed by atoms with van der Waals surface area (Å²) in [4.78, 5) is 40.2. The van der Waals surface area contributed by atoms with Crippen molar-refractivity contribution in [1.29, 1.82) is 0 Å². The number of esters is 1. The highest BCUT2D eigenvalue weighted by Gasteiger charge is 2.61. The van der Waals surface area contributed by atoms with Crippen molar-refractivity contribution in [3.8, 4) is 0 Å². The smallest absolute Gasteiger partial charge is 0.351 e. The van der Waals surface area contributed by atoms with E-state index in [4.69, 9.17) is 19.9 Å². The number of anilines is 1. The van der Waals surface area contributed by atoms with Crippen LogP contribution in [0.4, 0.5) is 14.6 Å². The van der Waals surface area contributed by atoms with Gasteiger partial charge >= 0.3 is 17.6 Å². The Morgan fingerprint density at radius 2 is 1.89 bits per heavy atom. The highest BCUT2D eigenvalue weighted by Crippen LogP contribution is 2.67. The number of aliphatic hydroxyl groups is 1. The molecule has 308 valence electrons. The fourth-order valence-corrected chi connectivity index (χ4v) is 11.5. The van der Waals surface area contributed by atoms with Crippen molar-refractivity contribution in [3.63, 3.8) is 0 Å². The lowest BCUT2D eigenvalue weighted by Gasteiger charge is -2.58. The van der Waals surface area contributed by atoms with E-state index in [0.29, 0.717) is 23.1 Å². The highest BCUT2D eigenvalue weighted by molar-refractivity contribution is 5.81. The number of hydrogen-bond donors (Lipinski definition) is 3. The molecule has 4 aliphatic carbocycles. The number of amides is 1. The number of aliphatic hydroxyl groups excluding tert-OH is 1. The zero-order chi connectivity index (χ0) is 39.7. The van der Waals surface area contributed by atoms with Gasteiger partial charge in [0.1, 0.15) is 18.5 Å². The Morgan fingerprint density at radius 1 is 1.11 bits per heavy atom. The van der Waals surface area contributed by atoms with Crippen molar-refractivity contribution < 1.29 is 37.7 Å². The van der Waals surface area contributed by atoms with Gasteiger partial charge in [0.2, 0.25) is 12.1 Å². The van der Waals surface area contributed by atoms with Crippen LogP contribution in [-0.4, -0.2) is 70.5 Å². The van der Waals surface area contributed by atoms with Crippen molar-refractivity contribution in [2.45, 2.75) is 149 Å². The van der Waals surface area contributed by atoms with Crippen LogP contribution < -0.4 is 16.7 Å². The standard InChI is InChI=1S/C42H64F2N4O7/c1-25(2)7-6-8-26(3)30-11-12-31-29-10-9-27-23-28(15-18-40(27,4)32(29)16-19-41(30,31)5)53-22-20-46-35(49)13-14-36(50)54-24-33-37(51)42(43,44)38(55-33)48-21-17-34(45)47-39(48)52/h9,17,21,25-26,28-33,37-38,51H,6-8,10-16,18-20,22-24H2,1-5H3,(H,46,49)(H2,45,47,52)/t26-,28+,29?,30-,31?,32?,33?,37?,38?,40+,41-/m1/s1. The first-order valence-electron chi connectivity index (χ1n) is 20.8. The third kappa shape index (κ3) is 8.68. The second-order valence-corrected chi connectivity index (χ2v) is 18.2. The number of nitrogens with two attached hydrogens (primary N) is 1. The maximum Gasteiger partial charge on any atom is 0.351 e. The monoisotopic (exact) mass is 774 g/mol. The molecule has 1 saturated heterocycles. The Balaban J connectivity index is 0.894. The predicted molar refractivity (Wildman–Crippen MR) is 204 cm³/mol. The van der Waals surface area contributed by atoms with Gasteiger partial charge in [-0.1, -0.05) is 65.5 Å². The average Bonchev–Trinajstić information content (AvgIpc) is 3.60. The predicted octanol–water partition coefficient (Wildman–Crippen LogP) is 6.59. The van der Waals surface area contributed by atoms with Crippen LogP contribution in [0.3, 0.4) is 0 Å². The summed E-state index contributed by atoms with van der Waals surface area (Å²) in [5.41, 5.74) is 6.64. The number of nitrogen functional groups attached to an aromatic ring is 1. The van der Waals surface area contributed by atoms with Gasteiger partial charge in [-0.25, -0.2) is 4.79 Å². The lowest BCUT2D eigenvalue weighted by molar-refractivity contribution is -0.151. The topological polar surface area (TPSA) is 155 Å². The van der Waals surface area contributed by atoms with Gasteiger partial charge in [-0.3, -0.25) is 14.2 Å². The van der Waals surface area contributed by atoms with Gasteiger partial charge in [-0.05, 0) is 104 Å². The molecule has 0 spiro atoms. The molecule has 55 heavy (non-hydrogen) atoms. The third-order valence-corrected chi connectivity index (χ3v) is 14.5. The molecule has 6 rings (SSSR count). The number of aromatic nitrogens is 2. The molecule has 1 aromatic rings. The number of ether oxygens (including phenoxy) is 3. The Kier molecular flexibility index (Phi) is 12.8. The number of fused-ring (bicyclic) bond motifs is 5. The first-order valence-corrected chi connectivity index (χ1v) is 20.8. The van der Waals surface area contributed by atoms with Gasteiger partial charge in [0.05, 0.1) is 19.1 Å². The van der Waals surface area contributed by atoms with Crippen LogP contribution in [0.25, 0.3) is 0 Å². The van der Waals surface area contributed by atoms with Crippen LogP contribution in [-0.2, 0) is 23.8 Å². The average molecular weight is 775 g/mol. The minimum atomic E-state index is -3.86. The van der Waals surface area contributed by atoms with Crippen molar-refractivity contribution in [2.75, 3.05) is 25.5 Å². The third-order valence-electron chi connectivity index (χ3n) is 14.5. The van der Waals surface area contributed by atoms with Gasteiger partial charge in [0.15, 0.2) is 6.10 Å². The lowest BCUT2D eigenvalue weighted by atomic mass is 9.47. The molecule has 5 aliphatic rings. The number of nitrogens with one attached hydrogen (secondary N) is 1. The largest absolute Gasteiger partial charge is 0.463 e. The fraction of sp³-hybridized carbons (Fsp3) is 0.810. The molecule has 1 aromatic heterocycles. The van der Waals surface area contributed by atoms with Gasteiger partial charge in [-0.15, -0.1) is 0 Å². The molecular formula is C42H64F2N4O7. The molecule has 13 heteroatoms. The van der Waals surface area contributed by atoms with E-state index in [2.05, 4.69) is 51.0 Å². The second kappa shape index (κ2) is 16.9. The number of rotatable bonds is 15. The number of nitrogens with zero attached hydrogens (tertiary/aromatic N) is 2. The van der Waals surface area contributed by atoms with Crippen LogP contribution in [0.1, 0.15) is 124 Å². The Hall–Kier alpha value is -2.90. The first kappa shape index (κ1) is 41.7. The molecule has 1 amide bonds. The van der Waals surface area contributed by atoms with Gasteiger partial charge in [-0.2, -0.15) is 13.8 Å². The van der Waals surface area contributed by atoms with E-state index in [9.17, 15) is 28.3 Å². The number of carbonyl (C=O) groups excluding carboxylic acids is 2. The van der Waals surface area contributed by atoms with E-state index in [1.807, 2.05) is 0 Å². The minimum absolute atomic E-state index is 0.120. The van der Waals surface area contributed by atoms with E-state index in [1.54, 1.807) is 5.57 Å². The molecule has 0 aromatic carbocycles. The molecule has 4 fully saturated rings. The highest BCUT2D eigenvalue weighted by atomic mass is 19.3. The number of halogens is 2. The summed E-state index contributed by atoms with van der Waals surface area (Å²) in [7, 11) is 0. The van der Waals surface area contributed by atoms with Gasteiger partial charge in [0.25, 0.3) is 0 Å². The van der Waals surface area contributed by atoms with E-state index >= 15 is 0 Å². The van der Waals surface area contributed by atoms with Gasteiger partial charge in [0, 0.05) is 19.2 Å². The summed E-state index contributed by atoms with van der Waals surface area (Å²) < 4.78 is 46.5.